The summed E-state index contributed by atoms with van der Waals surface area (Å²) in [6.07, 6.45) is 2.19. The number of nitrogens with two attached hydrogens (primary N) is 1. The molecular formula is C16H25NSi2. The van der Waals surface area contributed by atoms with E-state index < -0.39 is 16.1 Å². The number of hydrogen-bond donors (Lipinski definition) is 1. The van der Waals surface area contributed by atoms with E-state index in [4.69, 9.17) is 5.73 Å². The van der Waals surface area contributed by atoms with Gasteiger partial charge >= 0.3 is 0 Å². The van der Waals surface area contributed by atoms with Crippen LogP contribution in [0.4, 0.5) is 5.69 Å². The quantitative estimate of drug-likeness (QED) is 0.487. The molecule has 0 aliphatic carbocycles. The molecule has 1 rings (SSSR count). The van der Waals surface area contributed by atoms with Crippen LogP contribution < -0.4 is 5.73 Å². The number of rotatable bonds is 2. The van der Waals surface area contributed by atoms with Crippen molar-refractivity contribution in [2.24, 2.45) is 0 Å². The molecule has 0 aliphatic rings. The minimum atomic E-state index is -1.44. The Hall–Kier alpha value is -1.25. The van der Waals surface area contributed by atoms with Gasteiger partial charge in [-0.2, -0.15) is 0 Å². The molecule has 0 amide bonds. The maximum Gasteiger partial charge on any atom is 0.129 e. The fourth-order valence-electron chi connectivity index (χ4n) is 1.49. The highest BCUT2D eigenvalue weighted by Gasteiger charge is 2.19. The summed E-state index contributed by atoms with van der Waals surface area (Å²) in [6.45, 7) is 13.8. The Bertz CT molecular complexity index is 534. The Kier molecular flexibility index (Phi) is 4.83. The minimum absolute atomic E-state index is 0.827. The summed E-state index contributed by atoms with van der Waals surface area (Å²) in [6, 6.07) is 8.00. The summed E-state index contributed by atoms with van der Waals surface area (Å²) in [4.78, 5) is 0. The second-order valence-electron chi connectivity index (χ2n) is 6.94. The van der Waals surface area contributed by atoms with E-state index >= 15 is 0 Å². The number of nitrogen functional groups attached to an aromatic ring is 1. The largest absolute Gasteiger partial charge is 0.398 e. The van der Waals surface area contributed by atoms with Gasteiger partial charge in [0.05, 0.1) is 8.07 Å². The monoisotopic (exact) mass is 287 g/mol. The molecule has 0 heterocycles. The third-order valence-corrected chi connectivity index (χ3v) is 5.44. The van der Waals surface area contributed by atoms with Crippen molar-refractivity contribution < 1.29 is 0 Å². The highest BCUT2D eigenvalue weighted by molar-refractivity contribution is 6.86. The third-order valence-electron chi connectivity index (χ3n) is 2.68. The fourth-order valence-corrected chi connectivity index (χ4v) is 3.15. The summed E-state index contributed by atoms with van der Waals surface area (Å²) >= 11 is 0. The van der Waals surface area contributed by atoms with Crippen LogP contribution in [-0.2, 0) is 0 Å². The standard InChI is InChI=1S/C16H25NSi2/c1-18(2,3)12-11-15(19(4,5)6)13-14-9-7-8-10-16(14)17/h7-10,13H,17H2,1-6H3/b15-13+. The van der Waals surface area contributed by atoms with Crippen molar-refractivity contribution in [2.45, 2.75) is 39.3 Å². The predicted octanol–water partition coefficient (Wildman–Crippen LogP) is 4.41. The molecule has 0 atom stereocenters. The smallest absolute Gasteiger partial charge is 0.129 e. The van der Waals surface area contributed by atoms with Gasteiger partial charge in [-0.15, -0.1) is 5.54 Å². The molecular weight excluding hydrogens is 262 g/mol. The van der Waals surface area contributed by atoms with Crippen molar-refractivity contribution >= 4 is 27.9 Å². The van der Waals surface area contributed by atoms with Crippen LogP contribution in [0.1, 0.15) is 5.56 Å². The number of hydrogen-bond acceptors (Lipinski definition) is 1. The third kappa shape index (κ3) is 5.50. The van der Waals surface area contributed by atoms with Gasteiger partial charge in [0.25, 0.3) is 0 Å². The zero-order chi connectivity index (χ0) is 14.7. The maximum atomic E-state index is 6.03. The van der Waals surface area contributed by atoms with Gasteiger partial charge in [0.1, 0.15) is 8.07 Å². The van der Waals surface area contributed by atoms with Crippen LogP contribution in [0.25, 0.3) is 6.08 Å². The number of allylic oxidation sites excluding steroid dienone is 1. The lowest BCUT2D eigenvalue weighted by Crippen LogP contribution is -2.24. The Morgan fingerprint density at radius 2 is 1.63 bits per heavy atom. The van der Waals surface area contributed by atoms with Crippen molar-refractivity contribution in [1.82, 2.24) is 0 Å². The molecule has 1 aromatic rings. The first kappa shape index (κ1) is 15.8. The van der Waals surface area contributed by atoms with Crippen LogP contribution in [0.15, 0.2) is 29.5 Å². The fraction of sp³-hybridized carbons (Fsp3) is 0.375. The summed E-state index contributed by atoms with van der Waals surface area (Å²) in [5.74, 6) is 3.45. The van der Waals surface area contributed by atoms with Crippen LogP contribution >= 0.6 is 0 Å². The highest BCUT2D eigenvalue weighted by atomic mass is 28.3. The molecule has 0 bridgehead atoms. The molecule has 3 heteroatoms. The molecule has 2 N–H and O–H groups in total. The normalized spacial score (nSPS) is 12.8. The van der Waals surface area contributed by atoms with E-state index in [0.29, 0.717) is 0 Å². The summed E-state index contributed by atoms with van der Waals surface area (Å²) in [7, 11) is -2.78. The van der Waals surface area contributed by atoms with Crippen LogP contribution in [0, 0.1) is 11.5 Å². The van der Waals surface area contributed by atoms with Crippen LogP contribution in [0.3, 0.4) is 0 Å². The zero-order valence-corrected chi connectivity index (χ0v) is 15.0. The maximum absolute atomic E-state index is 6.03. The molecule has 0 aliphatic heterocycles. The van der Waals surface area contributed by atoms with Crippen molar-refractivity contribution in [3.8, 4) is 11.5 Å². The Balaban J connectivity index is 3.26. The SMILES string of the molecule is C[Si](C)(C)C#C/C(=C\c1ccccc1N)[Si](C)(C)C. The van der Waals surface area contributed by atoms with Gasteiger partial charge in [-0.1, -0.05) is 63.4 Å². The molecule has 0 radical (unpaired) electrons. The molecule has 102 valence electrons. The van der Waals surface area contributed by atoms with E-state index in [1.54, 1.807) is 0 Å². The van der Waals surface area contributed by atoms with Crippen LogP contribution in [0.5, 0.6) is 0 Å². The predicted molar refractivity (Wildman–Crippen MR) is 93.3 cm³/mol. The van der Waals surface area contributed by atoms with Crippen molar-refractivity contribution in [3.05, 3.63) is 35.0 Å². The summed E-state index contributed by atoms with van der Waals surface area (Å²) < 4.78 is 0. The van der Waals surface area contributed by atoms with E-state index in [1.165, 1.54) is 5.20 Å². The second-order valence-corrected chi connectivity index (χ2v) is 16.7. The van der Waals surface area contributed by atoms with Gasteiger partial charge in [0.2, 0.25) is 0 Å². The van der Waals surface area contributed by atoms with Crippen molar-refractivity contribution in [1.29, 1.82) is 0 Å². The molecule has 0 saturated heterocycles. The first-order chi connectivity index (χ1) is 8.59. The van der Waals surface area contributed by atoms with Gasteiger partial charge in [-0.3, -0.25) is 0 Å². The Labute approximate surface area is 119 Å². The summed E-state index contributed by atoms with van der Waals surface area (Å²) in [5.41, 5.74) is 11.4. The van der Waals surface area contributed by atoms with Crippen LogP contribution in [-0.4, -0.2) is 16.1 Å². The average Bonchev–Trinajstić information content (AvgIpc) is 2.23. The van der Waals surface area contributed by atoms with Crippen molar-refractivity contribution in [2.75, 3.05) is 5.73 Å². The molecule has 1 aromatic carbocycles. The lowest BCUT2D eigenvalue weighted by molar-refractivity contribution is 1.62. The van der Waals surface area contributed by atoms with E-state index in [-0.39, 0.29) is 0 Å². The average molecular weight is 288 g/mol. The van der Waals surface area contributed by atoms with E-state index in [1.807, 2.05) is 18.2 Å². The van der Waals surface area contributed by atoms with Gasteiger partial charge in [0, 0.05) is 5.69 Å². The van der Waals surface area contributed by atoms with Crippen LogP contribution in [0.2, 0.25) is 39.3 Å². The molecule has 19 heavy (non-hydrogen) atoms. The minimum Gasteiger partial charge on any atom is -0.398 e. The molecule has 0 unspecified atom stereocenters. The van der Waals surface area contributed by atoms with Crippen molar-refractivity contribution in [3.63, 3.8) is 0 Å². The topological polar surface area (TPSA) is 26.0 Å². The lowest BCUT2D eigenvalue weighted by atomic mass is 10.2. The lowest BCUT2D eigenvalue weighted by Gasteiger charge is -2.17. The Morgan fingerprint density at radius 3 is 2.11 bits per heavy atom. The van der Waals surface area contributed by atoms with Gasteiger partial charge in [-0.25, -0.2) is 0 Å². The highest BCUT2D eigenvalue weighted by Crippen LogP contribution is 2.21. The summed E-state index contributed by atoms with van der Waals surface area (Å²) in [5, 5.41) is 1.29. The molecule has 0 aromatic heterocycles. The molecule has 0 saturated carbocycles. The van der Waals surface area contributed by atoms with Gasteiger partial charge < -0.3 is 5.73 Å². The zero-order valence-electron chi connectivity index (χ0n) is 13.0. The number of para-hydroxylation sites is 1. The van der Waals surface area contributed by atoms with Gasteiger partial charge in [0.15, 0.2) is 0 Å². The van der Waals surface area contributed by atoms with E-state index in [0.717, 1.165) is 11.3 Å². The number of anilines is 1. The molecule has 0 spiro atoms. The first-order valence-corrected chi connectivity index (χ1v) is 13.7. The van der Waals surface area contributed by atoms with Gasteiger partial charge in [-0.05, 0) is 22.9 Å². The number of benzene rings is 1. The first-order valence-electron chi connectivity index (χ1n) is 6.69. The van der Waals surface area contributed by atoms with E-state index in [9.17, 15) is 0 Å². The Morgan fingerprint density at radius 1 is 1.05 bits per heavy atom. The molecule has 1 nitrogen and oxygen atoms in total. The second kappa shape index (κ2) is 5.81. The molecule has 0 fully saturated rings. The van der Waals surface area contributed by atoms with E-state index in [2.05, 4.69) is 62.9 Å².